The summed E-state index contributed by atoms with van der Waals surface area (Å²) < 4.78 is 70.7. The Morgan fingerprint density at radius 2 is 1.47 bits per heavy atom. The van der Waals surface area contributed by atoms with Crippen LogP contribution in [0, 0.1) is 40.5 Å². The second kappa shape index (κ2) is 9.16. The second-order valence-corrected chi connectivity index (χ2v) is 7.65. The molecule has 0 aliphatic heterocycles. The molecule has 2 rings (SSSR count). The van der Waals surface area contributed by atoms with Crippen molar-refractivity contribution in [1.82, 2.24) is 0 Å². The first kappa shape index (κ1) is 23.9. The molecule has 1 fully saturated rings. The van der Waals surface area contributed by atoms with E-state index in [1.165, 1.54) is 0 Å². The number of benzene rings is 1. The molecule has 0 heterocycles. The van der Waals surface area contributed by atoms with Gasteiger partial charge in [-0.1, -0.05) is 19.9 Å². The molecule has 2 atom stereocenters. The predicted molar refractivity (Wildman–Crippen MR) is 97.9 cm³/mol. The van der Waals surface area contributed by atoms with Crippen molar-refractivity contribution in [2.24, 2.45) is 17.3 Å². The highest BCUT2D eigenvalue weighted by Crippen LogP contribution is 2.60. The van der Waals surface area contributed by atoms with E-state index in [1.54, 1.807) is 33.8 Å². The maximum Gasteiger partial charge on any atom is 0.333 e. The zero-order chi connectivity index (χ0) is 22.8. The number of ether oxygens (including phenoxy) is 3. The van der Waals surface area contributed by atoms with Gasteiger partial charge in [-0.05, 0) is 25.2 Å². The Balaban J connectivity index is 2.15. The number of hydrogen-bond acceptors (Lipinski definition) is 5. The van der Waals surface area contributed by atoms with Crippen molar-refractivity contribution in [3.05, 3.63) is 46.0 Å². The van der Waals surface area contributed by atoms with Gasteiger partial charge in [-0.25, -0.2) is 22.4 Å². The molecular formula is C21H24F4O5. The second-order valence-electron chi connectivity index (χ2n) is 7.65. The summed E-state index contributed by atoms with van der Waals surface area (Å²) in [4.78, 5) is 24.2. The number of esters is 2. The summed E-state index contributed by atoms with van der Waals surface area (Å²) in [7, 11) is 1.12. The zero-order valence-corrected chi connectivity index (χ0v) is 17.4. The predicted octanol–water partition coefficient (Wildman–Crippen LogP) is 4.21. The van der Waals surface area contributed by atoms with Crippen LogP contribution < -0.4 is 0 Å². The third-order valence-corrected chi connectivity index (χ3v) is 5.28. The minimum Gasteiger partial charge on any atom is -0.463 e. The van der Waals surface area contributed by atoms with Crippen molar-refractivity contribution in [2.75, 3.05) is 13.7 Å². The van der Waals surface area contributed by atoms with Gasteiger partial charge in [0.25, 0.3) is 0 Å². The molecule has 0 bridgehead atoms. The normalized spacial score (nSPS) is 20.1. The Bertz CT molecular complexity index is 850. The van der Waals surface area contributed by atoms with Gasteiger partial charge in [-0.3, -0.25) is 4.79 Å². The highest BCUT2D eigenvalue weighted by atomic mass is 19.2. The van der Waals surface area contributed by atoms with Gasteiger partial charge in [0.1, 0.15) is 6.61 Å². The molecule has 1 aliphatic rings. The van der Waals surface area contributed by atoms with E-state index in [-0.39, 0.29) is 12.5 Å². The van der Waals surface area contributed by atoms with Crippen LogP contribution in [0.15, 0.2) is 11.6 Å². The highest BCUT2D eigenvalue weighted by Gasteiger charge is 2.61. The number of rotatable bonds is 8. The molecule has 0 spiro atoms. The SMILES string of the molecule is CCOC(=O)C(C)=CC1C(C(=O)OCc2c(F)c(F)c(COC)c(F)c2F)C1(C)C. The minimum absolute atomic E-state index is 0.205. The molecule has 1 aromatic carbocycles. The number of methoxy groups -OCH3 is 1. The summed E-state index contributed by atoms with van der Waals surface area (Å²) in [5.41, 5.74) is -2.15. The van der Waals surface area contributed by atoms with Crippen LogP contribution in [-0.4, -0.2) is 25.7 Å². The molecule has 0 radical (unpaired) electrons. The summed E-state index contributed by atoms with van der Waals surface area (Å²) in [5, 5.41) is 0. The van der Waals surface area contributed by atoms with Crippen LogP contribution in [0.4, 0.5) is 17.6 Å². The molecule has 1 aliphatic carbocycles. The van der Waals surface area contributed by atoms with Crippen molar-refractivity contribution in [3.8, 4) is 0 Å². The molecule has 0 saturated heterocycles. The van der Waals surface area contributed by atoms with Gasteiger partial charge in [0.2, 0.25) is 0 Å². The molecule has 0 amide bonds. The lowest BCUT2D eigenvalue weighted by Gasteiger charge is -2.12. The van der Waals surface area contributed by atoms with E-state index in [0.29, 0.717) is 5.57 Å². The maximum atomic E-state index is 14.2. The fraction of sp³-hybridized carbons (Fsp3) is 0.524. The fourth-order valence-corrected chi connectivity index (χ4v) is 3.37. The molecular weight excluding hydrogens is 408 g/mol. The third-order valence-electron chi connectivity index (χ3n) is 5.28. The maximum absolute atomic E-state index is 14.2. The van der Waals surface area contributed by atoms with Crippen LogP contribution in [0.3, 0.4) is 0 Å². The van der Waals surface area contributed by atoms with Crippen molar-refractivity contribution in [1.29, 1.82) is 0 Å². The van der Waals surface area contributed by atoms with Crippen LogP contribution in [0.1, 0.15) is 38.8 Å². The summed E-state index contributed by atoms with van der Waals surface area (Å²) >= 11 is 0. The highest BCUT2D eigenvalue weighted by molar-refractivity contribution is 5.88. The molecule has 2 unspecified atom stereocenters. The Kier molecular flexibility index (Phi) is 7.28. The van der Waals surface area contributed by atoms with Crippen molar-refractivity contribution >= 4 is 11.9 Å². The standard InChI is InChI=1S/C21H24F4O5/c1-6-29-19(26)10(2)7-13-14(21(13,3)4)20(27)30-9-12-17(24)15(22)11(8-28-5)16(23)18(12)25/h7,13-14H,6,8-9H2,1-5H3. The van der Waals surface area contributed by atoms with E-state index in [0.717, 1.165) is 7.11 Å². The summed E-state index contributed by atoms with van der Waals surface area (Å²) in [6, 6.07) is 0. The van der Waals surface area contributed by atoms with E-state index < -0.39 is 70.9 Å². The minimum atomic E-state index is -1.64. The summed E-state index contributed by atoms with van der Waals surface area (Å²) in [6.07, 6.45) is 1.59. The Morgan fingerprint density at radius 1 is 0.967 bits per heavy atom. The van der Waals surface area contributed by atoms with E-state index >= 15 is 0 Å². The number of carbonyl (C=O) groups is 2. The smallest absolute Gasteiger partial charge is 0.333 e. The van der Waals surface area contributed by atoms with Crippen LogP contribution >= 0.6 is 0 Å². The molecule has 1 aromatic rings. The van der Waals surface area contributed by atoms with Crippen molar-refractivity contribution in [3.63, 3.8) is 0 Å². The molecule has 5 nitrogen and oxygen atoms in total. The van der Waals surface area contributed by atoms with E-state index in [2.05, 4.69) is 4.74 Å². The first-order valence-electron chi connectivity index (χ1n) is 9.33. The van der Waals surface area contributed by atoms with Crippen LogP contribution in [0.2, 0.25) is 0 Å². The van der Waals surface area contributed by atoms with E-state index in [4.69, 9.17) is 9.47 Å². The zero-order valence-electron chi connectivity index (χ0n) is 17.4. The molecule has 0 aromatic heterocycles. The summed E-state index contributed by atoms with van der Waals surface area (Å²) in [5.74, 6) is -8.83. The lowest BCUT2D eigenvalue weighted by molar-refractivity contribution is -0.147. The Labute approximate surface area is 172 Å². The first-order valence-corrected chi connectivity index (χ1v) is 9.33. The van der Waals surface area contributed by atoms with Crippen molar-refractivity contribution in [2.45, 2.75) is 40.9 Å². The van der Waals surface area contributed by atoms with Gasteiger partial charge in [0.05, 0.1) is 30.3 Å². The molecule has 30 heavy (non-hydrogen) atoms. The molecule has 9 heteroatoms. The van der Waals surface area contributed by atoms with Gasteiger partial charge >= 0.3 is 11.9 Å². The lowest BCUT2D eigenvalue weighted by Crippen LogP contribution is -2.15. The largest absolute Gasteiger partial charge is 0.463 e. The van der Waals surface area contributed by atoms with E-state index in [9.17, 15) is 27.2 Å². The average molecular weight is 432 g/mol. The number of hydrogen-bond donors (Lipinski definition) is 0. The Morgan fingerprint density at radius 3 is 1.93 bits per heavy atom. The fourth-order valence-electron chi connectivity index (χ4n) is 3.37. The van der Waals surface area contributed by atoms with Gasteiger partial charge < -0.3 is 14.2 Å². The third kappa shape index (κ3) is 4.50. The topological polar surface area (TPSA) is 61.8 Å². The molecule has 0 N–H and O–H groups in total. The monoisotopic (exact) mass is 432 g/mol. The van der Waals surface area contributed by atoms with Crippen LogP contribution in [-0.2, 0) is 37.0 Å². The number of allylic oxidation sites excluding steroid dienone is 1. The van der Waals surface area contributed by atoms with E-state index in [1.807, 2.05) is 0 Å². The first-order chi connectivity index (χ1) is 14.0. The average Bonchev–Trinajstić information content (AvgIpc) is 3.23. The van der Waals surface area contributed by atoms with Crippen LogP contribution in [0.25, 0.3) is 0 Å². The summed E-state index contributed by atoms with van der Waals surface area (Å²) in [6.45, 7) is 5.31. The van der Waals surface area contributed by atoms with Gasteiger partial charge in [-0.2, -0.15) is 0 Å². The molecule has 1 saturated carbocycles. The van der Waals surface area contributed by atoms with Crippen LogP contribution in [0.5, 0.6) is 0 Å². The van der Waals surface area contributed by atoms with Crippen molar-refractivity contribution < 1.29 is 41.4 Å². The van der Waals surface area contributed by atoms with Gasteiger partial charge in [0.15, 0.2) is 23.3 Å². The Hall–Kier alpha value is -2.42. The molecule has 166 valence electrons. The lowest BCUT2D eigenvalue weighted by atomic mass is 10.1. The van der Waals surface area contributed by atoms with Gasteiger partial charge in [-0.15, -0.1) is 0 Å². The number of halogens is 4. The number of carbonyl (C=O) groups excluding carboxylic acids is 2. The quantitative estimate of drug-likeness (QED) is 0.267. The van der Waals surface area contributed by atoms with Gasteiger partial charge in [0, 0.05) is 12.7 Å².